The van der Waals surface area contributed by atoms with Crippen LogP contribution >= 0.6 is 23.2 Å². The van der Waals surface area contributed by atoms with Crippen LogP contribution in [0.5, 0.6) is 0 Å². The fourth-order valence-electron chi connectivity index (χ4n) is 1.54. The summed E-state index contributed by atoms with van der Waals surface area (Å²) in [6, 6.07) is 1.42. The van der Waals surface area contributed by atoms with Crippen LogP contribution in [-0.4, -0.2) is 12.0 Å². The molecule has 3 nitrogen and oxygen atoms in total. The summed E-state index contributed by atoms with van der Waals surface area (Å²) >= 11 is 11.6. The highest BCUT2D eigenvalue weighted by atomic mass is 35.5. The van der Waals surface area contributed by atoms with Crippen LogP contribution in [0.25, 0.3) is 10.9 Å². The minimum atomic E-state index is -0.667. The minimum Gasteiger partial charge on any atom is -0.396 e. The first-order valence-corrected chi connectivity index (χ1v) is 5.21. The van der Waals surface area contributed by atoms with Gasteiger partial charge in [0.05, 0.1) is 33.1 Å². The molecule has 0 saturated heterocycles. The van der Waals surface area contributed by atoms with Crippen molar-refractivity contribution in [2.75, 3.05) is 18.1 Å². The molecule has 1 heterocycles. The smallest absolute Gasteiger partial charge is 0.161 e. The normalized spacial score (nSPS) is 10.8. The largest absolute Gasteiger partial charge is 0.396 e. The number of nitrogen functional groups attached to an aromatic ring is 1. The summed E-state index contributed by atoms with van der Waals surface area (Å²) in [6.07, 6.45) is 1.47. The second-order valence-electron chi connectivity index (χ2n) is 3.22. The van der Waals surface area contributed by atoms with Gasteiger partial charge >= 0.3 is 0 Å². The summed E-state index contributed by atoms with van der Waals surface area (Å²) in [4.78, 5) is 4.05. The Morgan fingerprint density at radius 3 is 2.75 bits per heavy atom. The van der Waals surface area contributed by atoms with Gasteiger partial charge in [-0.15, -0.1) is 0 Å². The van der Waals surface area contributed by atoms with E-state index < -0.39 is 5.82 Å². The van der Waals surface area contributed by atoms with Gasteiger partial charge in [-0.2, -0.15) is 0 Å². The Bertz CT molecular complexity index is 572. The second kappa shape index (κ2) is 3.96. The third-order valence-electron chi connectivity index (χ3n) is 2.27. The summed E-state index contributed by atoms with van der Waals surface area (Å²) in [5, 5.41) is 3.17. The van der Waals surface area contributed by atoms with Gasteiger partial charge in [0.25, 0.3) is 0 Å². The lowest BCUT2D eigenvalue weighted by atomic mass is 10.1. The molecule has 2 aromatic rings. The van der Waals surface area contributed by atoms with Gasteiger partial charge in [0, 0.05) is 12.4 Å². The van der Waals surface area contributed by atoms with Crippen LogP contribution < -0.4 is 11.1 Å². The van der Waals surface area contributed by atoms with Crippen molar-refractivity contribution in [1.82, 2.24) is 4.98 Å². The molecular weight excluding hydrogens is 252 g/mol. The zero-order valence-corrected chi connectivity index (χ0v) is 9.83. The highest BCUT2D eigenvalue weighted by Gasteiger charge is 2.15. The van der Waals surface area contributed by atoms with E-state index in [1.165, 1.54) is 12.3 Å². The van der Waals surface area contributed by atoms with E-state index in [-0.39, 0.29) is 10.0 Å². The molecule has 3 N–H and O–H groups in total. The van der Waals surface area contributed by atoms with Crippen LogP contribution in [0.15, 0.2) is 12.3 Å². The molecule has 1 aromatic heterocycles. The maximum atomic E-state index is 13.5. The van der Waals surface area contributed by atoms with Crippen molar-refractivity contribution in [2.24, 2.45) is 0 Å². The molecular formula is C10H8Cl2FN3. The number of halogens is 3. The molecule has 6 heteroatoms. The van der Waals surface area contributed by atoms with Gasteiger partial charge in [0.15, 0.2) is 5.82 Å². The fraction of sp³-hybridized carbons (Fsp3) is 0.100. The molecule has 0 fully saturated rings. The number of nitrogens with zero attached hydrogens (tertiary/aromatic N) is 1. The Morgan fingerprint density at radius 2 is 2.12 bits per heavy atom. The van der Waals surface area contributed by atoms with Gasteiger partial charge in [-0.3, -0.25) is 4.98 Å². The van der Waals surface area contributed by atoms with Crippen LogP contribution in [0.4, 0.5) is 15.8 Å². The van der Waals surface area contributed by atoms with Crippen LogP contribution in [-0.2, 0) is 0 Å². The first-order chi connectivity index (χ1) is 7.56. The molecule has 0 aliphatic rings. The van der Waals surface area contributed by atoms with E-state index in [4.69, 9.17) is 28.9 Å². The highest BCUT2D eigenvalue weighted by molar-refractivity contribution is 6.39. The number of nitrogens with one attached hydrogen (secondary N) is 1. The van der Waals surface area contributed by atoms with Crippen molar-refractivity contribution in [1.29, 1.82) is 0 Å². The zero-order valence-electron chi connectivity index (χ0n) is 8.31. The summed E-state index contributed by atoms with van der Waals surface area (Å²) in [5.74, 6) is -0.667. The molecule has 1 aromatic carbocycles. The topological polar surface area (TPSA) is 50.9 Å². The van der Waals surface area contributed by atoms with E-state index in [0.29, 0.717) is 22.3 Å². The molecule has 16 heavy (non-hydrogen) atoms. The SMILES string of the molecule is CNc1c(N)cnc2cc(Cl)c(F)c(Cl)c12. The lowest BCUT2D eigenvalue weighted by molar-refractivity contribution is 0.630. The quantitative estimate of drug-likeness (QED) is 0.773. The summed E-state index contributed by atoms with van der Waals surface area (Å²) in [6.45, 7) is 0. The van der Waals surface area contributed by atoms with E-state index in [2.05, 4.69) is 10.3 Å². The molecule has 0 aliphatic carbocycles. The molecule has 0 spiro atoms. The third kappa shape index (κ3) is 1.54. The average molecular weight is 260 g/mol. The molecule has 2 rings (SSSR count). The molecule has 0 unspecified atom stereocenters. The molecule has 0 bridgehead atoms. The number of rotatable bonds is 1. The standard InChI is InChI=1S/C10H8Cl2FN3/c1-15-10-5(14)3-16-6-2-4(11)9(13)8(12)7(6)10/h2-3H,14H2,1H3,(H,15,16). The van der Waals surface area contributed by atoms with E-state index in [1.807, 2.05) is 0 Å². The van der Waals surface area contributed by atoms with Gasteiger partial charge in [0.2, 0.25) is 0 Å². The number of benzene rings is 1. The number of anilines is 2. The van der Waals surface area contributed by atoms with Gasteiger partial charge in [0.1, 0.15) is 0 Å². The lowest BCUT2D eigenvalue weighted by Gasteiger charge is -2.11. The van der Waals surface area contributed by atoms with E-state index >= 15 is 0 Å². The van der Waals surface area contributed by atoms with Crippen LogP contribution in [0.2, 0.25) is 10.0 Å². The average Bonchev–Trinajstić information content (AvgIpc) is 2.27. The van der Waals surface area contributed by atoms with E-state index in [9.17, 15) is 4.39 Å². The van der Waals surface area contributed by atoms with Crippen molar-refractivity contribution in [3.05, 3.63) is 28.1 Å². The van der Waals surface area contributed by atoms with Gasteiger partial charge < -0.3 is 11.1 Å². The zero-order chi connectivity index (χ0) is 11.9. The Hall–Kier alpha value is -1.26. The van der Waals surface area contributed by atoms with E-state index in [1.54, 1.807) is 7.05 Å². The molecule has 0 saturated carbocycles. The first kappa shape index (κ1) is 11.2. The van der Waals surface area contributed by atoms with Gasteiger partial charge in [-0.1, -0.05) is 23.2 Å². The summed E-state index contributed by atoms with van der Waals surface area (Å²) < 4.78 is 13.5. The number of fused-ring (bicyclic) bond motifs is 1. The number of nitrogens with two attached hydrogens (primary N) is 1. The Labute approximate surface area is 101 Å². The second-order valence-corrected chi connectivity index (χ2v) is 4.00. The van der Waals surface area contributed by atoms with Crippen molar-refractivity contribution in [2.45, 2.75) is 0 Å². The number of hydrogen-bond acceptors (Lipinski definition) is 3. The van der Waals surface area contributed by atoms with Crippen molar-refractivity contribution >= 4 is 45.5 Å². The van der Waals surface area contributed by atoms with Crippen LogP contribution in [0.1, 0.15) is 0 Å². The fourth-order valence-corrected chi connectivity index (χ4v) is 2.08. The van der Waals surface area contributed by atoms with Crippen LogP contribution in [0, 0.1) is 5.82 Å². The number of pyridine rings is 1. The number of aromatic nitrogens is 1. The molecule has 84 valence electrons. The Kier molecular flexibility index (Phi) is 2.78. The molecule has 0 aliphatic heterocycles. The van der Waals surface area contributed by atoms with Crippen molar-refractivity contribution in [3.8, 4) is 0 Å². The summed E-state index contributed by atoms with van der Waals surface area (Å²) in [5.41, 5.74) is 7.16. The third-order valence-corrected chi connectivity index (χ3v) is 2.90. The van der Waals surface area contributed by atoms with E-state index in [0.717, 1.165) is 0 Å². The van der Waals surface area contributed by atoms with Gasteiger partial charge in [-0.25, -0.2) is 4.39 Å². The Morgan fingerprint density at radius 1 is 1.44 bits per heavy atom. The Balaban J connectivity index is 2.97. The lowest BCUT2D eigenvalue weighted by Crippen LogP contribution is -1.99. The predicted octanol–water partition coefficient (Wildman–Crippen LogP) is 3.30. The van der Waals surface area contributed by atoms with Crippen molar-refractivity contribution < 1.29 is 4.39 Å². The molecule has 0 radical (unpaired) electrons. The van der Waals surface area contributed by atoms with Crippen LogP contribution in [0.3, 0.4) is 0 Å². The van der Waals surface area contributed by atoms with Gasteiger partial charge in [-0.05, 0) is 6.07 Å². The number of hydrogen-bond donors (Lipinski definition) is 2. The maximum absolute atomic E-state index is 13.5. The monoisotopic (exact) mass is 259 g/mol. The first-order valence-electron chi connectivity index (χ1n) is 4.45. The molecule has 0 amide bonds. The minimum absolute atomic E-state index is 0.0585. The molecule has 0 atom stereocenters. The van der Waals surface area contributed by atoms with Crippen molar-refractivity contribution in [3.63, 3.8) is 0 Å². The summed E-state index contributed by atoms with van der Waals surface area (Å²) in [7, 11) is 1.67. The predicted molar refractivity (Wildman–Crippen MR) is 65.7 cm³/mol. The highest BCUT2D eigenvalue weighted by Crippen LogP contribution is 2.37. The maximum Gasteiger partial charge on any atom is 0.161 e.